The molecule has 1 saturated carbocycles. The quantitative estimate of drug-likeness (QED) is 0.321. The SMILES string of the molecule is O=C(CSc1nc2ccccc2c(=O)n1CCCC(=O)N1CCN(c2ccccc2)CC1)NC1CCCCC1. The third kappa shape index (κ3) is 7.01. The van der Waals surface area contributed by atoms with Gasteiger partial charge in [0.2, 0.25) is 11.8 Å². The number of nitrogens with one attached hydrogen (secondary N) is 1. The van der Waals surface area contributed by atoms with Crippen molar-refractivity contribution < 1.29 is 9.59 Å². The highest BCUT2D eigenvalue weighted by atomic mass is 32.2. The fourth-order valence-corrected chi connectivity index (χ4v) is 6.34. The van der Waals surface area contributed by atoms with E-state index in [1.54, 1.807) is 10.6 Å². The van der Waals surface area contributed by atoms with Gasteiger partial charge in [-0.1, -0.05) is 61.4 Å². The molecule has 0 radical (unpaired) electrons. The predicted molar refractivity (Wildman–Crippen MR) is 156 cm³/mol. The van der Waals surface area contributed by atoms with Crippen LogP contribution in [-0.2, 0) is 16.1 Å². The van der Waals surface area contributed by atoms with E-state index in [2.05, 4.69) is 22.3 Å². The van der Waals surface area contributed by atoms with Crippen LogP contribution in [0.25, 0.3) is 10.9 Å². The molecule has 1 N–H and O–H groups in total. The third-order valence-electron chi connectivity index (χ3n) is 7.66. The van der Waals surface area contributed by atoms with E-state index >= 15 is 0 Å². The van der Waals surface area contributed by atoms with Crippen molar-refractivity contribution in [3.63, 3.8) is 0 Å². The number of benzene rings is 2. The Hall–Kier alpha value is -3.33. The zero-order valence-electron chi connectivity index (χ0n) is 22.4. The minimum absolute atomic E-state index is 0.0225. The summed E-state index contributed by atoms with van der Waals surface area (Å²) >= 11 is 1.30. The molecule has 8 nitrogen and oxygen atoms in total. The summed E-state index contributed by atoms with van der Waals surface area (Å²) in [6.07, 6.45) is 6.53. The molecule has 0 atom stereocenters. The minimum atomic E-state index is -0.125. The molecule has 2 aromatic carbocycles. The van der Waals surface area contributed by atoms with E-state index < -0.39 is 0 Å². The molecule has 9 heteroatoms. The summed E-state index contributed by atoms with van der Waals surface area (Å²) < 4.78 is 1.64. The largest absolute Gasteiger partial charge is 0.368 e. The molecule has 39 heavy (non-hydrogen) atoms. The molecule has 206 valence electrons. The lowest BCUT2D eigenvalue weighted by molar-refractivity contribution is -0.131. The van der Waals surface area contributed by atoms with E-state index in [-0.39, 0.29) is 29.2 Å². The Morgan fingerprint density at radius 3 is 2.41 bits per heavy atom. The van der Waals surface area contributed by atoms with Gasteiger partial charge >= 0.3 is 0 Å². The van der Waals surface area contributed by atoms with Crippen LogP contribution in [-0.4, -0.2) is 64.2 Å². The molecule has 2 fully saturated rings. The topological polar surface area (TPSA) is 87.5 Å². The Balaban J connectivity index is 1.18. The van der Waals surface area contributed by atoms with Gasteiger partial charge in [0.25, 0.3) is 5.56 Å². The first-order valence-electron chi connectivity index (χ1n) is 14.1. The first-order chi connectivity index (χ1) is 19.1. The Morgan fingerprint density at radius 2 is 1.64 bits per heavy atom. The highest BCUT2D eigenvalue weighted by Gasteiger charge is 2.22. The second-order valence-corrected chi connectivity index (χ2v) is 11.3. The van der Waals surface area contributed by atoms with E-state index in [1.807, 2.05) is 41.3 Å². The summed E-state index contributed by atoms with van der Waals surface area (Å²) in [7, 11) is 0. The van der Waals surface area contributed by atoms with Crippen molar-refractivity contribution in [2.75, 3.05) is 36.8 Å². The van der Waals surface area contributed by atoms with Crippen LogP contribution in [0.3, 0.4) is 0 Å². The van der Waals surface area contributed by atoms with Crippen molar-refractivity contribution in [2.45, 2.75) is 62.7 Å². The zero-order valence-corrected chi connectivity index (χ0v) is 23.2. The molecule has 1 saturated heterocycles. The molecule has 0 spiro atoms. The number of nitrogens with zero attached hydrogens (tertiary/aromatic N) is 4. The number of rotatable bonds is 9. The number of hydrogen-bond donors (Lipinski definition) is 1. The van der Waals surface area contributed by atoms with E-state index in [1.165, 1.54) is 23.9 Å². The van der Waals surface area contributed by atoms with E-state index in [0.29, 0.717) is 48.5 Å². The highest BCUT2D eigenvalue weighted by molar-refractivity contribution is 7.99. The maximum atomic E-state index is 13.4. The van der Waals surface area contributed by atoms with Crippen LogP contribution in [0.2, 0.25) is 0 Å². The molecule has 3 aromatic rings. The summed E-state index contributed by atoms with van der Waals surface area (Å²) in [5, 5.41) is 4.22. The molecule has 0 bridgehead atoms. The fourth-order valence-electron chi connectivity index (χ4n) is 5.50. The van der Waals surface area contributed by atoms with Crippen molar-refractivity contribution in [3.05, 3.63) is 65.0 Å². The van der Waals surface area contributed by atoms with Gasteiger partial charge in [-0.05, 0) is 43.5 Å². The van der Waals surface area contributed by atoms with Gasteiger partial charge < -0.3 is 15.1 Å². The first kappa shape index (κ1) is 27.2. The molecule has 1 aromatic heterocycles. The number of anilines is 1. The predicted octanol–water partition coefficient (Wildman–Crippen LogP) is 4.07. The van der Waals surface area contributed by atoms with Gasteiger partial charge in [0.15, 0.2) is 5.16 Å². The van der Waals surface area contributed by atoms with Crippen LogP contribution >= 0.6 is 11.8 Å². The lowest BCUT2D eigenvalue weighted by Crippen LogP contribution is -2.48. The summed E-state index contributed by atoms with van der Waals surface area (Å²) in [5.74, 6) is 0.308. The number of para-hydroxylation sites is 2. The van der Waals surface area contributed by atoms with Gasteiger partial charge in [0, 0.05) is 50.9 Å². The number of amides is 2. The number of fused-ring (bicyclic) bond motifs is 1. The lowest BCUT2D eigenvalue weighted by atomic mass is 9.95. The van der Waals surface area contributed by atoms with Crippen molar-refractivity contribution in [2.24, 2.45) is 0 Å². The van der Waals surface area contributed by atoms with Crippen LogP contribution < -0.4 is 15.8 Å². The fraction of sp³-hybridized carbons (Fsp3) is 0.467. The second kappa shape index (κ2) is 13.2. The molecule has 2 aliphatic rings. The standard InChI is InChI=1S/C30H37N5O3S/c36-27(31-23-10-3-1-4-11-23)22-39-30-32-26-15-8-7-14-25(26)29(38)35(30)17-9-16-28(37)34-20-18-33(19-21-34)24-12-5-2-6-13-24/h2,5-8,12-15,23H,1,3-4,9-11,16-22H2,(H,31,36). The van der Waals surface area contributed by atoms with Gasteiger partial charge in [-0.2, -0.15) is 0 Å². The number of aromatic nitrogens is 2. The maximum Gasteiger partial charge on any atom is 0.262 e. The number of piperazine rings is 1. The molecule has 1 aliphatic heterocycles. The number of carbonyl (C=O) groups excluding carboxylic acids is 2. The third-order valence-corrected chi connectivity index (χ3v) is 8.63. The molecule has 0 unspecified atom stereocenters. The molecule has 2 heterocycles. The molecule has 2 amide bonds. The summed E-state index contributed by atoms with van der Waals surface area (Å²) in [5.41, 5.74) is 1.69. The smallest absolute Gasteiger partial charge is 0.262 e. The summed E-state index contributed by atoms with van der Waals surface area (Å²) in [6.45, 7) is 3.41. The number of thioether (sulfide) groups is 1. The normalized spacial score (nSPS) is 16.4. The van der Waals surface area contributed by atoms with Crippen LogP contribution in [0.15, 0.2) is 64.5 Å². The average molecular weight is 548 g/mol. The summed E-state index contributed by atoms with van der Waals surface area (Å²) in [4.78, 5) is 47.9. The van der Waals surface area contributed by atoms with Crippen molar-refractivity contribution >= 4 is 40.2 Å². The van der Waals surface area contributed by atoms with E-state index in [9.17, 15) is 14.4 Å². The van der Waals surface area contributed by atoms with Gasteiger partial charge in [0.05, 0.1) is 16.7 Å². The molecule has 5 rings (SSSR count). The second-order valence-electron chi connectivity index (χ2n) is 10.4. The van der Waals surface area contributed by atoms with Crippen LogP contribution in [0.1, 0.15) is 44.9 Å². The molecular weight excluding hydrogens is 510 g/mol. The van der Waals surface area contributed by atoms with Crippen molar-refractivity contribution in [1.29, 1.82) is 0 Å². The minimum Gasteiger partial charge on any atom is -0.368 e. The van der Waals surface area contributed by atoms with Gasteiger partial charge in [-0.15, -0.1) is 0 Å². The Kier molecular flexibility index (Phi) is 9.19. The maximum absolute atomic E-state index is 13.4. The van der Waals surface area contributed by atoms with Gasteiger partial charge in [0.1, 0.15) is 0 Å². The monoisotopic (exact) mass is 547 g/mol. The Labute approximate surface area is 233 Å². The molecular formula is C30H37N5O3S. The van der Waals surface area contributed by atoms with Gasteiger partial charge in [-0.3, -0.25) is 19.0 Å². The average Bonchev–Trinajstić information content (AvgIpc) is 2.98. The summed E-state index contributed by atoms with van der Waals surface area (Å²) in [6, 6.07) is 17.8. The molecule has 1 aliphatic carbocycles. The van der Waals surface area contributed by atoms with Gasteiger partial charge in [-0.25, -0.2) is 4.98 Å². The lowest BCUT2D eigenvalue weighted by Gasteiger charge is -2.36. The first-order valence-corrected chi connectivity index (χ1v) is 15.1. The van der Waals surface area contributed by atoms with Crippen molar-refractivity contribution in [1.82, 2.24) is 19.8 Å². The van der Waals surface area contributed by atoms with Crippen LogP contribution in [0.4, 0.5) is 5.69 Å². The van der Waals surface area contributed by atoms with Crippen LogP contribution in [0, 0.1) is 0 Å². The Bertz CT molecular complexity index is 1330. The highest BCUT2D eigenvalue weighted by Crippen LogP contribution is 2.21. The zero-order chi connectivity index (χ0) is 27.0. The van der Waals surface area contributed by atoms with Crippen LogP contribution in [0.5, 0.6) is 0 Å². The van der Waals surface area contributed by atoms with E-state index in [0.717, 1.165) is 38.8 Å². The Morgan fingerprint density at radius 1 is 0.923 bits per heavy atom. The number of carbonyl (C=O) groups is 2. The van der Waals surface area contributed by atoms with E-state index in [4.69, 9.17) is 4.98 Å². The number of hydrogen-bond acceptors (Lipinski definition) is 6. The van der Waals surface area contributed by atoms with Crippen molar-refractivity contribution in [3.8, 4) is 0 Å².